The van der Waals surface area contributed by atoms with Gasteiger partial charge in [0.25, 0.3) is 0 Å². The fourth-order valence-electron chi connectivity index (χ4n) is 2.72. The molecule has 146 valence electrons. The van der Waals surface area contributed by atoms with Crippen molar-refractivity contribution in [2.24, 2.45) is 5.92 Å². The first-order valence-corrected chi connectivity index (χ1v) is 9.92. The number of alkyl carbamates (subject to hydrolysis) is 1. The number of nitrogens with zero attached hydrogens (tertiary/aromatic N) is 2. The van der Waals surface area contributed by atoms with Crippen LogP contribution in [0.3, 0.4) is 0 Å². The molecule has 7 nitrogen and oxygen atoms in total. The number of rotatable bonds is 5. The van der Waals surface area contributed by atoms with Gasteiger partial charge in [-0.25, -0.2) is 9.78 Å². The highest BCUT2D eigenvalue weighted by atomic mass is 32.1. The molecule has 1 aliphatic rings. The second kappa shape index (κ2) is 8.35. The molecule has 0 aromatic carbocycles. The average Bonchev–Trinajstić information content (AvgIpc) is 2.91. The second-order valence-corrected chi connectivity index (χ2v) is 8.95. The average molecular weight is 383 g/mol. The predicted molar refractivity (Wildman–Crippen MR) is 103 cm³/mol. The number of carbonyl (C=O) groups is 2. The van der Waals surface area contributed by atoms with E-state index in [0.717, 1.165) is 31.7 Å². The van der Waals surface area contributed by atoms with Crippen LogP contribution in [0.1, 0.15) is 52.1 Å². The van der Waals surface area contributed by atoms with Crippen molar-refractivity contribution >= 4 is 28.5 Å². The van der Waals surface area contributed by atoms with E-state index in [9.17, 15) is 9.59 Å². The first-order chi connectivity index (χ1) is 12.1. The minimum absolute atomic E-state index is 0.0762. The fourth-order valence-corrected chi connectivity index (χ4v) is 3.78. The van der Waals surface area contributed by atoms with Crippen molar-refractivity contribution in [2.45, 2.75) is 66.2 Å². The lowest BCUT2D eigenvalue weighted by Crippen LogP contribution is -2.48. The van der Waals surface area contributed by atoms with Crippen molar-refractivity contribution in [3.63, 3.8) is 0 Å². The molecule has 2 amide bonds. The van der Waals surface area contributed by atoms with Crippen LogP contribution >= 0.6 is 11.3 Å². The standard InChI is InChI=1S/C18H30N4O3S/c1-7-22-9-8-12-13(10-22)26-16(19-12)21-15(23)14(11(2)3)20-17(24)25-18(4,5)6/h11,14H,7-10H2,1-6H3,(H,20,24)(H,19,21,23). The topological polar surface area (TPSA) is 83.6 Å². The van der Waals surface area contributed by atoms with E-state index in [1.165, 1.54) is 16.2 Å². The van der Waals surface area contributed by atoms with Gasteiger partial charge in [0.1, 0.15) is 11.6 Å². The molecule has 2 heterocycles. The molecular weight excluding hydrogens is 352 g/mol. The Morgan fingerprint density at radius 1 is 1.35 bits per heavy atom. The van der Waals surface area contributed by atoms with E-state index in [2.05, 4.69) is 27.4 Å². The van der Waals surface area contributed by atoms with Crippen molar-refractivity contribution < 1.29 is 14.3 Å². The summed E-state index contributed by atoms with van der Waals surface area (Å²) < 4.78 is 5.26. The van der Waals surface area contributed by atoms with Gasteiger partial charge in [-0.15, -0.1) is 11.3 Å². The zero-order valence-corrected chi connectivity index (χ0v) is 17.3. The number of ether oxygens (including phenoxy) is 1. The van der Waals surface area contributed by atoms with Gasteiger partial charge in [0.2, 0.25) is 5.91 Å². The summed E-state index contributed by atoms with van der Waals surface area (Å²) in [6, 6.07) is -0.682. The maximum absolute atomic E-state index is 12.7. The summed E-state index contributed by atoms with van der Waals surface area (Å²) in [5, 5.41) is 6.12. The Kier molecular flexibility index (Phi) is 6.63. The number of likely N-dealkylation sites (N-methyl/N-ethyl adjacent to an activating group) is 1. The minimum atomic E-state index is -0.682. The summed E-state index contributed by atoms with van der Waals surface area (Å²) >= 11 is 1.51. The molecule has 2 rings (SSSR count). The van der Waals surface area contributed by atoms with Crippen molar-refractivity contribution in [3.05, 3.63) is 10.6 Å². The molecule has 0 radical (unpaired) electrons. The molecule has 1 aromatic rings. The van der Waals surface area contributed by atoms with Crippen LogP contribution in [0.2, 0.25) is 0 Å². The molecule has 8 heteroatoms. The predicted octanol–water partition coefficient (Wildman–Crippen LogP) is 3.01. The highest BCUT2D eigenvalue weighted by Crippen LogP contribution is 2.28. The molecule has 26 heavy (non-hydrogen) atoms. The summed E-state index contributed by atoms with van der Waals surface area (Å²) in [6.45, 7) is 14.2. The normalized spacial score (nSPS) is 16.1. The number of nitrogens with one attached hydrogen (secondary N) is 2. The number of hydrogen-bond acceptors (Lipinski definition) is 6. The van der Waals surface area contributed by atoms with Crippen molar-refractivity contribution in [1.82, 2.24) is 15.2 Å². The van der Waals surface area contributed by atoms with Crippen LogP contribution in [0.25, 0.3) is 0 Å². The lowest BCUT2D eigenvalue weighted by Gasteiger charge is -2.24. The van der Waals surface area contributed by atoms with E-state index in [4.69, 9.17) is 4.74 Å². The van der Waals surface area contributed by atoms with Gasteiger partial charge in [-0.3, -0.25) is 9.69 Å². The monoisotopic (exact) mass is 382 g/mol. The highest BCUT2D eigenvalue weighted by Gasteiger charge is 2.28. The smallest absolute Gasteiger partial charge is 0.408 e. The Morgan fingerprint density at radius 3 is 2.62 bits per heavy atom. The van der Waals surface area contributed by atoms with Gasteiger partial charge in [-0.05, 0) is 33.2 Å². The minimum Gasteiger partial charge on any atom is -0.444 e. The largest absolute Gasteiger partial charge is 0.444 e. The van der Waals surface area contributed by atoms with Crippen LogP contribution in [0.5, 0.6) is 0 Å². The molecule has 0 spiro atoms. The molecule has 1 aromatic heterocycles. The number of amides is 2. The molecule has 1 aliphatic heterocycles. The summed E-state index contributed by atoms with van der Waals surface area (Å²) in [6.07, 6.45) is 0.308. The Labute approximate surface area is 159 Å². The van der Waals surface area contributed by atoms with Crippen LogP contribution < -0.4 is 10.6 Å². The number of thiazole rings is 1. The summed E-state index contributed by atoms with van der Waals surface area (Å²) in [4.78, 5) is 32.8. The molecule has 0 bridgehead atoms. The van der Waals surface area contributed by atoms with Crippen LogP contribution in [0.4, 0.5) is 9.93 Å². The Morgan fingerprint density at radius 2 is 2.04 bits per heavy atom. The van der Waals surface area contributed by atoms with Crippen LogP contribution in [-0.4, -0.2) is 46.6 Å². The number of aromatic nitrogens is 1. The molecule has 0 fully saturated rings. The number of carbonyl (C=O) groups excluding carboxylic acids is 2. The maximum atomic E-state index is 12.7. The first-order valence-electron chi connectivity index (χ1n) is 9.10. The summed E-state index contributed by atoms with van der Waals surface area (Å²) in [5.74, 6) is -0.350. The van der Waals surface area contributed by atoms with E-state index in [-0.39, 0.29) is 11.8 Å². The van der Waals surface area contributed by atoms with Gasteiger partial charge in [0.05, 0.1) is 5.69 Å². The van der Waals surface area contributed by atoms with E-state index < -0.39 is 17.7 Å². The van der Waals surface area contributed by atoms with E-state index in [1.54, 1.807) is 20.8 Å². The van der Waals surface area contributed by atoms with Gasteiger partial charge in [0, 0.05) is 24.4 Å². The van der Waals surface area contributed by atoms with E-state index >= 15 is 0 Å². The van der Waals surface area contributed by atoms with Gasteiger partial charge in [0.15, 0.2) is 5.13 Å². The Hall–Kier alpha value is -1.67. The van der Waals surface area contributed by atoms with Crippen LogP contribution in [0, 0.1) is 5.92 Å². The fraction of sp³-hybridized carbons (Fsp3) is 0.722. The highest BCUT2D eigenvalue weighted by molar-refractivity contribution is 7.15. The first kappa shape index (κ1) is 20.6. The van der Waals surface area contributed by atoms with Crippen LogP contribution in [-0.2, 0) is 22.5 Å². The van der Waals surface area contributed by atoms with E-state index in [1.807, 2.05) is 13.8 Å². The molecule has 1 atom stereocenters. The molecule has 1 unspecified atom stereocenters. The van der Waals surface area contributed by atoms with Gasteiger partial charge in [-0.1, -0.05) is 20.8 Å². The molecule has 0 aliphatic carbocycles. The Bertz CT molecular complexity index is 651. The number of fused-ring (bicyclic) bond motifs is 1. The molecule has 0 saturated heterocycles. The molecule has 2 N–H and O–H groups in total. The SMILES string of the molecule is CCN1CCc2nc(NC(=O)C(NC(=O)OC(C)(C)C)C(C)C)sc2C1. The van der Waals surface area contributed by atoms with Crippen molar-refractivity contribution in [1.29, 1.82) is 0 Å². The summed E-state index contributed by atoms with van der Waals surface area (Å²) in [5.41, 5.74) is 0.456. The molecule has 0 saturated carbocycles. The molecular formula is C18H30N4O3S. The third kappa shape index (κ3) is 5.67. The van der Waals surface area contributed by atoms with Gasteiger partial charge in [-0.2, -0.15) is 0 Å². The third-order valence-electron chi connectivity index (χ3n) is 4.11. The zero-order valence-electron chi connectivity index (χ0n) is 16.5. The lowest BCUT2D eigenvalue weighted by molar-refractivity contribution is -0.119. The van der Waals surface area contributed by atoms with Crippen LogP contribution in [0.15, 0.2) is 0 Å². The quantitative estimate of drug-likeness (QED) is 0.818. The van der Waals surface area contributed by atoms with Gasteiger partial charge >= 0.3 is 6.09 Å². The second-order valence-electron chi connectivity index (χ2n) is 7.86. The van der Waals surface area contributed by atoms with Crippen molar-refractivity contribution in [3.8, 4) is 0 Å². The number of anilines is 1. The van der Waals surface area contributed by atoms with E-state index in [0.29, 0.717) is 5.13 Å². The van der Waals surface area contributed by atoms with Crippen molar-refractivity contribution in [2.75, 3.05) is 18.4 Å². The zero-order chi connectivity index (χ0) is 19.5. The lowest BCUT2D eigenvalue weighted by atomic mass is 10.0. The Balaban J connectivity index is 2.02. The third-order valence-corrected chi connectivity index (χ3v) is 5.11. The summed E-state index contributed by atoms with van der Waals surface area (Å²) in [7, 11) is 0. The maximum Gasteiger partial charge on any atom is 0.408 e. The number of hydrogen-bond donors (Lipinski definition) is 2. The van der Waals surface area contributed by atoms with Gasteiger partial charge < -0.3 is 15.4 Å².